The molecule has 0 heterocycles. The molecule has 0 saturated heterocycles. The van der Waals surface area contributed by atoms with Crippen molar-refractivity contribution >= 4 is 23.2 Å². The van der Waals surface area contributed by atoms with E-state index in [1.807, 2.05) is 6.07 Å². The summed E-state index contributed by atoms with van der Waals surface area (Å²) in [5.74, 6) is 0.589. The predicted molar refractivity (Wildman–Crippen MR) is 73.5 cm³/mol. The number of rotatable bonds is 5. The van der Waals surface area contributed by atoms with E-state index >= 15 is 0 Å². The molecule has 1 aromatic carbocycles. The van der Waals surface area contributed by atoms with E-state index in [2.05, 4.69) is 6.92 Å². The Morgan fingerprint density at radius 3 is 2.83 bits per heavy atom. The third kappa shape index (κ3) is 2.91. The molecule has 1 aliphatic carbocycles. The Hall–Kier alpha value is -0.480. The first-order chi connectivity index (χ1) is 8.63. The summed E-state index contributed by atoms with van der Waals surface area (Å²) >= 11 is 12.0. The summed E-state index contributed by atoms with van der Waals surface area (Å²) in [6, 6.07) is 5.38. The van der Waals surface area contributed by atoms with Gasteiger partial charge in [0.05, 0.1) is 5.02 Å². The van der Waals surface area contributed by atoms with Gasteiger partial charge in [0.15, 0.2) is 0 Å². The van der Waals surface area contributed by atoms with Crippen LogP contribution in [0.15, 0.2) is 18.2 Å². The van der Waals surface area contributed by atoms with Crippen LogP contribution in [0.1, 0.15) is 19.8 Å². The molecule has 1 fully saturated rings. The second-order valence-corrected chi connectivity index (χ2v) is 5.23. The molecule has 0 bridgehead atoms. The van der Waals surface area contributed by atoms with Crippen molar-refractivity contribution in [3.05, 3.63) is 28.2 Å². The van der Waals surface area contributed by atoms with E-state index in [9.17, 15) is 0 Å². The SMILES string of the molecule is CCCOC1C(N)CC1Oc1cccc(Cl)c1Cl. The standard InChI is InChI=1S/C13H17Cl2NO2/c1-2-6-17-13-9(16)7-11(13)18-10-5-3-4-8(14)12(10)15/h3-5,9,11,13H,2,6-7,16H2,1H3. The molecule has 1 aromatic rings. The van der Waals surface area contributed by atoms with Crippen LogP contribution in [0.25, 0.3) is 0 Å². The van der Waals surface area contributed by atoms with Crippen molar-refractivity contribution in [2.24, 2.45) is 5.73 Å². The summed E-state index contributed by atoms with van der Waals surface area (Å²) in [6.07, 6.45) is 1.65. The lowest BCUT2D eigenvalue weighted by molar-refractivity contribution is -0.0979. The Morgan fingerprint density at radius 1 is 1.39 bits per heavy atom. The number of halogens is 2. The van der Waals surface area contributed by atoms with Crippen molar-refractivity contribution < 1.29 is 9.47 Å². The molecule has 0 amide bonds. The molecule has 1 aliphatic rings. The normalized spacial score (nSPS) is 26.8. The van der Waals surface area contributed by atoms with Crippen LogP contribution in [0.2, 0.25) is 10.0 Å². The predicted octanol–water partition coefficient (Wildman–Crippen LogP) is 3.27. The number of ether oxygens (including phenoxy) is 2. The Balaban J connectivity index is 1.99. The molecule has 0 radical (unpaired) electrons. The van der Waals surface area contributed by atoms with Crippen molar-refractivity contribution in [2.45, 2.75) is 38.0 Å². The van der Waals surface area contributed by atoms with Crippen molar-refractivity contribution in [3.8, 4) is 5.75 Å². The first kappa shape index (κ1) is 13.9. The zero-order valence-corrected chi connectivity index (χ0v) is 11.7. The Morgan fingerprint density at radius 2 is 2.17 bits per heavy atom. The Kier molecular flexibility index (Phi) is 4.73. The van der Waals surface area contributed by atoms with Crippen molar-refractivity contribution in [2.75, 3.05) is 6.61 Å². The van der Waals surface area contributed by atoms with Crippen LogP contribution in [-0.2, 0) is 4.74 Å². The molecular weight excluding hydrogens is 273 g/mol. The van der Waals surface area contributed by atoms with E-state index in [1.54, 1.807) is 12.1 Å². The molecule has 100 valence electrons. The number of benzene rings is 1. The quantitative estimate of drug-likeness (QED) is 0.905. The summed E-state index contributed by atoms with van der Waals surface area (Å²) in [6.45, 7) is 2.76. The van der Waals surface area contributed by atoms with Gasteiger partial charge in [-0.05, 0) is 18.6 Å². The maximum absolute atomic E-state index is 6.08. The highest BCUT2D eigenvalue weighted by molar-refractivity contribution is 6.42. The van der Waals surface area contributed by atoms with Gasteiger partial charge in [-0.15, -0.1) is 0 Å². The zero-order chi connectivity index (χ0) is 13.1. The first-order valence-electron chi connectivity index (χ1n) is 6.11. The molecule has 1 saturated carbocycles. The fraction of sp³-hybridized carbons (Fsp3) is 0.538. The molecule has 0 aromatic heterocycles. The average molecular weight is 290 g/mol. The summed E-state index contributed by atoms with van der Waals surface area (Å²) in [5.41, 5.74) is 5.91. The summed E-state index contributed by atoms with van der Waals surface area (Å²) in [4.78, 5) is 0. The Labute approximate surface area is 117 Å². The second-order valence-electron chi connectivity index (χ2n) is 4.44. The molecule has 2 N–H and O–H groups in total. The monoisotopic (exact) mass is 289 g/mol. The maximum Gasteiger partial charge on any atom is 0.139 e. The van der Waals surface area contributed by atoms with Gasteiger partial charge in [-0.1, -0.05) is 36.2 Å². The van der Waals surface area contributed by atoms with E-state index in [0.717, 1.165) is 12.8 Å². The van der Waals surface area contributed by atoms with Gasteiger partial charge in [0.2, 0.25) is 0 Å². The van der Waals surface area contributed by atoms with Gasteiger partial charge in [0.1, 0.15) is 23.0 Å². The van der Waals surface area contributed by atoms with E-state index in [4.69, 9.17) is 38.4 Å². The third-order valence-electron chi connectivity index (χ3n) is 3.00. The molecule has 0 spiro atoms. The van der Waals surface area contributed by atoms with Crippen LogP contribution < -0.4 is 10.5 Å². The minimum Gasteiger partial charge on any atom is -0.486 e. The third-order valence-corrected chi connectivity index (χ3v) is 3.80. The highest BCUT2D eigenvalue weighted by Crippen LogP contribution is 2.35. The van der Waals surface area contributed by atoms with Crippen LogP contribution in [0.3, 0.4) is 0 Å². The van der Waals surface area contributed by atoms with Gasteiger partial charge in [-0.25, -0.2) is 0 Å². The highest BCUT2D eigenvalue weighted by atomic mass is 35.5. The lowest BCUT2D eigenvalue weighted by atomic mass is 9.86. The average Bonchev–Trinajstić information content (AvgIpc) is 2.34. The second kappa shape index (κ2) is 6.11. The molecular formula is C13H17Cl2NO2. The lowest BCUT2D eigenvalue weighted by Gasteiger charge is -2.41. The summed E-state index contributed by atoms with van der Waals surface area (Å²) in [7, 11) is 0. The van der Waals surface area contributed by atoms with Crippen LogP contribution >= 0.6 is 23.2 Å². The maximum atomic E-state index is 6.08. The molecule has 18 heavy (non-hydrogen) atoms. The lowest BCUT2D eigenvalue weighted by Crippen LogP contribution is -2.59. The van der Waals surface area contributed by atoms with Crippen molar-refractivity contribution in [1.82, 2.24) is 0 Å². The van der Waals surface area contributed by atoms with E-state index in [1.165, 1.54) is 0 Å². The first-order valence-corrected chi connectivity index (χ1v) is 6.87. The van der Waals surface area contributed by atoms with Crippen molar-refractivity contribution in [1.29, 1.82) is 0 Å². The van der Waals surface area contributed by atoms with E-state index in [-0.39, 0.29) is 18.2 Å². The van der Waals surface area contributed by atoms with Gasteiger partial charge in [-0.3, -0.25) is 0 Å². The van der Waals surface area contributed by atoms with Crippen LogP contribution in [0, 0.1) is 0 Å². The molecule has 3 atom stereocenters. The molecule has 0 aliphatic heterocycles. The molecule has 5 heteroatoms. The number of hydrogen-bond acceptors (Lipinski definition) is 3. The topological polar surface area (TPSA) is 44.5 Å². The van der Waals surface area contributed by atoms with E-state index < -0.39 is 0 Å². The van der Waals surface area contributed by atoms with Gasteiger partial charge < -0.3 is 15.2 Å². The molecule has 2 rings (SSSR count). The molecule has 3 nitrogen and oxygen atoms in total. The molecule has 3 unspecified atom stereocenters. The van der Waals surface area contributed by atoms with E-state index in [0.29, 0.717) is 22.4 Å². The van der Waals surface area contributed by atoms with Gasteiger partial charge in [0, 0.05) is 19.1 Å². The largest absolute Gasteiger partial charge is 0.486 e. The number of nitrogens with two attached hydrogens (primary N) is 1. The van der Waals surface area contributed by atoms with Crippen LogP contribution in [0.4, 0.5) is 0 Å². The summed E-state index contributed by atoms with van der Waals surface area (Å²) in [5, 5.41) is 0.928. The van der Waals surface area contributed by atoms with Crippen molar-refractivity contribution in [3.63, 3.8) is 0 Å². The van der Waals surface area contributed by atoms with Gasteiger partial charge in [-0.2, -0.15) is 0 Å². The number of hydrogen-bond donors (Lipinski definition) is 1. The minimum absolute atomic E-state index is 0.0393. The zero-order valence-electron chi connectivity index (χ0n) is 10.2. The highest BCUT2D eigenvalue weighted by Gasteiger charge is 2.41. The fourth-order valence-electron chi connectivity index (χ4n) is 1.95. The smallest absolute Gasteiger partial charge is 0.139 e. The Bertz CT molecular complexity index is 414. The fourth-order valence-corrected chi connectivity index (χ4v) is 2.29. The van der Waals surface area contributed by atoms with Gasteiger partial charge >= 0.3 is 0 Å². The van der Waals surface area contributed by atoms with Crippen LogP contribution in [-0.4, -0.2) is 24.9 Å². The van der Waals surface area contributed by atoms with Crippen LogP contribution in [0.5, 0.6) is 5.75 Å². The van der Waals surface area contributed by atoms with Gasteiger partial charge in [0.25, 0.3) is 0 Å². The summed E-state index contributed by atoms with van der Waals surface area (Å²) < 4.78 is 11.5. The minimum atomic E-state index is -0.0556.